The fraction of sp³-hybridized carbons (Fsp3) is 0.300. The summed E-state index contributed by atoms with van der Waals surface area (Å²) in [4.78, 5) is 11.2. The fourth-order valence-corrected chi connectivity index (χ4v) is 1.29. The smallest absolute Gasteiger partial charge is 0.330 e. The topological polar surface area (TPSA) is 58.6 Å². The first kappa shape index (κ1) is 11.8. The van der Waals surface area contributed by atoms with E-state index in [9.17, 15) is 4.79 Å². The third-order valence-corrected chi connectivity index (χ3v) is 2.07. The molecule has 1 aromatic rings. The normalized spacial score (nSPS) is 11.9. The highest BCUT2D eigenvalue weighted by Gasteiger charge is 2.17. The molecule has 1 atom stereocenters. The molecular formula is C10H12ClNO3. The van der Waals surface area contributed by atoms with Crippen LogP contribution in [0.1, 0.15) is 0 Å². The molecule has 0 aliphatic carbocycles. The van der Waals surface area contributed by atoms with E-state index in [-0.39, 0.29) is 6.61 Å². The summed E-state index contributed by atoms with van der Waals surface area (Å²) in [6.45, 7) is -0.334. The first-order valence-electron chi connectivity index (χ1n) is 4.38. The van der Waals surface area contributed by atoms with E-state index in [1.165, 1.54) is 7.11 Å². The maximum absolute atomic E-state index is 11.2. The molecule has 0 saturated heterocycles. The lowest BCUT2D eigenvalue weighted by Crippen LogP contribution is -2.33. The van der Waals surface area contributed by atoms with Crippen molar-refractivity contribution in [1.82, 2.24) is 0 Å². The maximum atomic E-state index is 11.2. The lowest BCUT2D eigenvalue weighted by molar-refractivity contribution is -0.142. The number of carbonyl (C=O) groups is 1. The quantitative estimate of drug-likeness (QED) is 0.764. The summed E-state index contributed by atoms with van der Waals surface area (Å²) < 4.78 is 4.51. The second kappa shape index (κ2) is 5.58. The van der Waals surface area contributed by atoms with Gasteiger partial charge in [0.15, 0.2) is 0 Å². The molecule has 1 unspecified atom stereocenters. The molecule has 0 spiro atoms. The standard InChI is InChI=1S/C10H12ClNO3/c1-15-10(14)9(6-13)12-8-4-2-3-7(11)5-8/h2-5,9,12-13H,6H2,1H3. The van der Waals surface area contributed by atoms with Gasteiger partial charge < -0.3 is 15.2 Å². The first-order valence-corrected chi connectivity index (χ1v) is 4.76. The second-order valence-electron chi connectivity index (χ2n) is 2.91. The van der Waals surface area contributed by atoms with Crippen LogP contribution in [0.2, 0.25) is 5.02 Å². The highest BCUT2D eigenvalue weighted by atomic mass is 35.5. The first-order chi connectivity index (χ1) is 7.17. The number of rotatable bonds is 4. The molecule has 4 nitrogen and oxygen atoms in total. The second-order valence-corrected chi connectivity index (χ2v) is 3.35. The minimum Gasteiger partial charge on any atom is -0.467 e. The van der Waals surface area contributed by atoms with Gasteiger partial charge in [-0.15, -0.1) is 0 Å². The number of anilines is 1. The summed E-state index contributed by atoms with van der Waals surface area (Å²) in [5, 5.41) is 12.3. The molecule has 1 rings (SSSR count). The van der Waals surface area contributed by atoms with Gasteiger partial charge in [-0.3, -0.25) is 0 Å². The van der Waals surface area contributed by atoms with Crippen molar-refractivity contribution in [3.63, 3.8) is 0 Å². The van der Waals surface area contributed by atoms with Gasteiger partial charge in [0, 0.05) is 10.7 Å². The molecule has 82 valence electrons. The molecule has 2 N–H and O–H groups in total. The van der Waals surface area contributed by atoms with E-state index in [0.717, 1.165) is 0 Å². The number of esters is 1. The van der Waals surface area contributed by atoms with Crippen LogP contribution in [0, 0.1) is 0 Å². The predicted molar refractivity (Wildman–Crippen MR) is 58.0 cm³/mol. The van der Waals surface area contributed by atoms with Crippen molar-refractivity contribution in [2.75, 3.05) is 19.0 Å². The number of methoxy groups -OCH3 is 1. The number of aliphatic hydroxyl groups excluding tert-OH is 1. The van der Waals surface area contributed by atoms with E-state index >= 15 is 0 Å². The molecular weight excluding hydrogens is 218 g/mol. The third-order valence-electron chi connectivity index (χ3n) is 1.83. The zero-order valence-corrected chi connectivity index (χ0v) is 8.99. The van der Waals surface area contributed by atoms with E-state index < -0.39 is 12.0 Å². The molecule has 0 bridgehead atoms. The number of hydrogen-bond acceptors (Lipinski definition) is 4. The molecule has 0 saturated carbocycles. The van der Waals surface area contributed by atoms with E-state index in [2.05, 4.69) is 10.1 Å². The van der Waals surface area contributed by atoms with E-state index in [0.29, 0.717) is 10.7 Å². The SMILES string of the molecule is COC(=O)C(CO)Nc1cccc(Cl)c1. The predicted octanol–water partition coefficient (Wildman–Crippen LogP) is 1.29. The minimum atomic E-state index is -0.770. The number of halogens is 1. The number of benzene rings is 1. The summed E-state index contributed by atoms with van der Waals surface area (Å²) in [7, 11) is 1.27. The Bertz CT molecular complexity index is 343. The molecule has 0 radical (unpaired) electrons. The van der Waals surface area contributed by atoms with Gasteiger partial charge in [0.2, 0.25) is 0 Å². The number of aliphatic hydroxyl groups is 1. The monoisotopic (exact) mass is 229 g/mol. The molecule has 0 fully saturated rings. The zero-order chi connectivity index (χ0) is 11.3. The minimum absolute atomic E-state index is 0.334. The summed E-state index contributed by atoms with van der Waals surface area (Å²) in [6, 6.07) is 6.10. The molecule has 0 aliphatic heterocycles. The number of nitrogens with one attached hydrogen (secondary N) is 1. The molecule has 0 aromatic heterocycles. The van der Waals surface area contributed by atoms with Crippen LogP contribution in [0.15, 0.2) is 24.3 Å². The van der Waals surface area contributed by atoms with Crippen molar-refractivity contribution in [3.8, 4) is 0 Å². The van der Waals surface area contributed by atoms with Crippen LogP contribution in [0.4, 0.5) is 5.69 Å². The zero-order valence-electron chi connectivity index (χ0n) is 8.24. The summed E-state index contributed by atoms with van der Waals surface area (Å²) in [6.07, 6.45) is 0. The van der Waals surface area contributed by atoms with Crippen LogP contribution >= 0.6 is 11.6 Å². The maximum Gasteiger partial charge on any atom is 0.330 e. The van der Waals surface area contributed by atoms with Crippen molar-refractivity contribution in [3.05, 3.63) is 29.3 Å². The van der Waals surface area contributed by atoms with Crippen LogP contribution in [0.3, 0.4) is 0 Å². The van der Waals surface area contributed by atoms with Gasteiger partial charge in [0.1, 0.15) is 6.04 Å². The lowest BCUT2D eigenvalue weighted by Gasteiger charge is -2.14. The Kier molecular flexibility index (Phi) is 4.39. The van der Waals surface area contributed by atoms with Crippen LogP contribution in [0.25, 0.3) is 0 Å². The number of carbonyl (C=O) groups excluding carboxylic acids is 1. The summed E-state index contributed by atoms with van der Waals surface area (Å²) in [5.41, 5.74) is 0.659. The van der Waals surface area contributed by atoms with Gasteiger partial charge in [-0.05, 0) is 18.2 Å². The Morgan fingerprint density at radius 3 is 2.93 bits per heavy atom. The van der Waals surface area contributed by atoms with Gasteiger partial charge >= 0.3 is 5.97 Å². The van der Waals surface area contributed by atoms with Crippen LogP contribution < -0.4 is 5.32 Å². The summed E-state index contributed by atoms with van der Waals surface area (Å²) >= 11 is 5.77. The Morgan fingerprint density at radius 1 is 1.67 bits per heavy atom. The average Bonchev–Trinajstić information content (AvgIpc) is 2.25. The van der Waals surface area contributed by atoms with E-state index in [1.54, 1.807) is 24.3 Å². The van der Waals surface area contributed by atoms with Gasteiger partial charge in [0.05, 0.1) is 13.7 Å². The highest BCUT2D eigenvalue weighted by molar-refractivity contribution is 6.30. The molecule has 0 amide bonds. The fourth-order valence-electron chi connectivity index (χ4n) is 1.10. The Balaban J connectivity index is 2.70. The van der Waals surface area contributed by atoms with Gasteiger partial charge in [-0.2, -0.15) is 0 Å². The van der Waals surface area contributed by atoms with Crippen molar-refractivity contribution >= 4 is 23.3 Å². The van der Waals surface area contributed by atoms with Gasteiger partial charge in [0.25, 0.3) is 0 Å². The Labute approximate surface area is 92.8 Å². The lowest BCUT2D eigenvalue weighted by atomic mass is 10.2. The van der Waals surface area contributed by atoms with Crippen molar-refractivity contribution in [2.24, 2.45) is 0 Å². The van der Waals surface area contributed by atoms with Gasteiger partial charge in [-0.1, -0.05) is 17.7 Å². The Morgan fingerprint density at radius 2 is 2.40 bits per heavy atom. The average molecular weight is 230 g/mol. The van der Waals surface area contributed by atoms with Crippen molar-refractivity contribution < 1.29 is 14.6 Å². The van der Waals surface area contributed by atoms with E-state index in [1.807, 2.05) is 0 Å². The number of hydrogen-bond donors (Lipinski definition) is 2. The summed E-state index contributed by atoms with van der Waals surface area (Å²) in [5.74, 6) is -0.516. The molecule has 5 heteroatoms. The molecule has 0 heterocycles. The molecule has 15 heavy (non-hydrogen) atoms. The third kappa shape index (κ3) is 3.42. The van der Waals surface area contributed by atoms with Crippen molar-refractivity contribution in [2.45, 2.75) is 6.04 Å². The van der Waals surface area contributed by atoms with Crippen LogP contribution in [-0.2, 0) is 9.53 Å². The van der Waals surface area contributed by atoms with Gasteiger partial charge in [-0.25, -0.2) is 4.79 Å². The number of ether oxygens (including phenoxy) is 1. The van der Waals surface area contributed by atoms with Crippen molar-refractivity contribution in [1.29, 1.82) is 0 Å². The van der Waals surface area contributed by atoms with E-state index in [4.69, 9.17) is 16.7 Å². The molecule has 1 aromatic carbocycles. The van der Waals surface area contributed by atoms with Crippen LogP contribution in [-0.4, -0.2) is 30.8 Å². The largest absolute Gasteiger partial charge is 0.467 e. The molecule has 0 aliphatic rings. The van der Waals surface area contributed by atoms with Crippen LogP contribution in [0.5, 0.6) is 0 Å². The highest BCUT2D eigenvalue weighted by Crippen LogP contribution is 2.15. The Hall–Kier alpha value is -1.26.